The van der Waals surface area contributed by atoms with Gasteiger partial charge in [-0.05, 0) is 51.4 Å². The Morgan fingerprint density at radius 2 is 0.456 bits per heavy atom. The van der Waals surface area contributed by atoms with Gasteiger partial charge in [-0.2, -0.15) is 0 Å². The molecule has 0 amide bonds. The summed E-state index contributed by atoms with van der Waals surface area (Å²) in [4.78, 5) is 38.0. The molecule has 6 heteroatoms. The van der Waals surface area contributed by atoms with Crippen LogP contribution in [0.4, 0.5) is 0 Å². The average molecular weight is 1110 g/mol. The van der Waals surface area contributed by atoms with Crippen LogP contribution < -0.4 is 0 Å². The van der Waals surface area contributed by atoms with Crippen molar-refractivity contribution in [3.8, 4) is 0 Å². The zero-order chi connectivity index (χ0) is 57.1. The van der Waals surface area contributed by atoms with Gasteiger partial charge in [-0.25, -0.2) is 0 Å². The van der Waals surface area contributed by atoms with Gasteiger partial charge in [0.05, 0.1) is 0 Å². The van der Waals surface area contributed by atoms with Gasteiger partial charge >= 0.3 is 17.9 Å². The molecule has 0 aliphatic rings. The molecule has 0 aliphatic carbocycles. The lowest BCUT2D eigenvalue weighted by atomic mass is 10.0. The highest BCUT2D eigenvalue weighted by Crippen LogP contribution is 2.19. The van der Waals surface area contributed by atoms with Gasteiger partial charge in [0.15, 0.2) is 6.10 Å². The third-order valence-electron chi connectivity index (χ3n) is 16.5. The van der Waals surface area contributed by atoms with Gasteiger partial charge < -0.3 is 14.2 Å². The fraction of sp³-hybridized carbons (Fsp3) is 0.904. The number of esters is 3. The Morgan fingerprint density at radius 1 is 0.253 bits per heavy atom. The van der Waals surface area contributed by atoms with Crippen LogP contribution in [-0.2, 0) is 28.6 Å². The maximum absolute atomic E-state index is 12.9. The Bertz CT molecular complexity index is 1270. The van der Waals surface area contributed by atoms with Gasteiger partial charge in [-0.1, -0.05) is 360 Å². The highest BCUT2D eigenvalue weighted by atomic mass is 16.6. The normalized spacial score (nSPS) is 12.1. The molecule has 0 saturated heterocycles. The van der Waals surface area contributed by atoms with Crippen molar-refractivity contribution in [1.29, 1.82) is 0 Å². The van der Waals surface area contributed by atoms with Crippen molar-refractivity contribution in [3.63, 3.8) is 0 Å². The number of ether oxygens (including phenoxy) is 3. The van der Waals surface area contributed by atoms with E-state index < -0.39 is 6.10 Å². The van der Waals surface area contributed by atoms with Crippen molar-refractivity contribution in [2.45, 2.75) is 412 Å². The minimum Gasteiger partial charge on any atom is -0.462 e. The summed E-state index contributed by atoms with van der Waals surface area (Å²) in [5.41, 5.74) is 0. The Labute approximate surface area is 493 Å². The Morgan fingerprint density at radius 3 is 0.696 bits per heavy atom. The van der Waals surface area contributed by atoms with Gasteiger partial charge in [0, 0.05) is 19.3 Å². The summed E-state index contributed by atoms with van der Waals surface area (Å²) in [6, 6.07) is 0. The van der Waals surface area contributed by atoms with Crippen LogP contribution >= 0.6 is 0 Å². The van der Waals surface area contributed by atoms with Gasteiger partial charge in [0.2, 0.25) is 0 Å². The lowest BCUT2D eigenvalue weighted by molar-refractivity contribution is -0.167. The SMILES string of the molecule is CCCCCCC/C=C\C/C=C\CCCCCCCCCCCCCCCCCCCC(=O)OCC(COC(=O)CCCCCCC)OC(=O)CCCCCCCCCCCCCCCCCCCCCCCCCCCCC. The quantitative estimate of drug-likeness (QED) is 0.0261. The summed E-state index contributed by atoms with van der Waals surface area (Å²) in [7, 11) is 0. The summed E-state index contributed by atoms with van der Waals surface area (Å²) in [5, 5.41) is 0. The number of hydrogen-bond donors (Lipinski definition) is 0. The first-order valence-electron chi connectivity index (χ1n) is 35.8. The van der Waals surface area contributed by atoms with Crippen molar-refractivity contribution < 1.29 is 28.6 Å². The largest absolute Gasteiger partial charge is 0.462 e. The Hall–Kier alpha value is -2.11. The minimum absolute atomic E-state index is 0.0653. The van der Waals surface area contributed by atoms with E-state index in [-0.39, 0.29) is 31.1 Å². The molecule has 0 spiro atoms. The van der Waals surface area contributed by atoms with Gasteiger partial charge in [0.25, 0.3) is 0 Å². The molecule has 466 valence electrons. The molecule has 1 unspecified atom stereocenters. The van der Waals surface area contributed by atoms with Gasteiger partial charge in [-0.15, -0.1) is 0 Å². The Kier molecular flexibility index (Phi) is 66.6. The van der Waals surface area contributed by atoms with E-state index >= 15 is 0 Å². The molecule has 0 aromatic carbocycles. The van der Waals surface area contributed by atoms with Crippen LogP contribution in [0, 0.1) is 0 Å². The summed E-state index contributed by atoms with van der Waals surface area (Å²) in [5.74, 6) is -0.850. The summed E-state index contributed by atoms with van der Waals surface area (Å²) in [6.45, 7) is 6.62. The first kappa shape index (κ1) is 76.9. The fourth-order valence-corrected chi connectivity index (χ4v) is 11.1. The second-order valence-corrected chi connectivity index (χ2v) is 24.5. The second-order valence-electron chi connectivity index (χ2n) is 24.5. The molecule has 0 aliphatic heterocycles. The zero-order valence-electron chi connectivity index (χ0n) is 53.7. The molecular weight excluding hydrogens is 973 g/mol. The van der Waals surface area contributed by atoms with Crippen LogP contribution in [-0.4, -0.2) is 37.2 Å². The number of carbonyl (C=O) groups excluding carboxylic acids is 3. The van der Waals surface area contributed by atoms with E-state index in [0.717, 1.165) is 70.6 Å². The number of hydrogen-bond acceptors (Lipinski definition) is 6. The summed E-state index contributed by atoms with van der Waals surface area (Å²) >= 11 is 0. The molecule has 0 fully saturated rings. The van der Waals surface area contributed by atoms with Gasteiger partial charge in [-0.3, -0.25) is 14.4 Å². The van der Waals surface area contributed by atoms with Crippen LogP contribution in [0.5, 0.6) is 0 Å². The fourth-order valence-electron chi connectivity index (χ4n) is 11.1. The molecule has 0 bridgehead atoms. The maximum atomic E-state index is 12.9. The highest BCUT2D eigenvalue weighted by Gasteiger charge is 2.19. The van der Waals surface area contributed by atoms with Crippen LogP contribution in [0.2, 0.25) is 0 Å². The van der Waals surface area contributed by atoms with E-state index in [2.05, 4.69) is 45.1 Å². The van der Waals surface area contributed by atoms with E-state index in [4.69, 9.17) is 14.2 Å². The van der Waals surface area contributed by atoms with Crippen molar-refractivity contribution in [3.05, 3.63) is 24.3 Å². The Balaban J connectivity index is 3.91. The standard InChI is InChI=1S/C73H138O6/c1-4-7-10-13-15-17-19-21-23-25-27-29-31-33-35-36-38-39-41-43-45-47-49-51-53-55-57-60-63-66-72(75)78-69-70(68-77-71(74)65-62-59-12-9-6-3)79-73(76)67-64-61-58-56-54-52-50-48-46-44-42-40-37-34-32-30-28-26-24-22-20-18-16-14-11-8-5-2/h19,21,25,27,70H,4-18,20,22-24,26,28-69H2,1-3H3/b21-19-,27-25-. The van der Waals surface area contributed by atoms with Crippen molar-refractivity contribution in [2.24, 2.45) is 0 Å². The topological polar surface area (TPSA) is 78.9 Å². The van der Waals surface area contributed by atoms with Crippen LogP contribution in [0.15, 0.2) is 24.3 Å². The van der Waals surface area contributed by atoms with E-state index in [1.165, 1.54) is 295 Å². The zero-order valence-corrected chi connectivity index (χ0v) is 53.7. The van der Waals surface area contributed by atoms with E-state index in [1.807, 2.05) is 0 Å². The number of unbranched alkanes of at least 4 members (excludes halogenated alkanes) is 52. The predicted octanol–water partition coefficient (Wildman–Crippen LogP) is 24.6. The molecule has 6 nitrogen and oxygen atoms in total. The maximum Gasteiger partial charge on any atom is 0.306 e. The number of allylic oxidation sites excluding steroid dienone is 4. The van der Waals surface area contributed by atoms with Crippen molar-refractivity contribution >= 4 is 17.9 Å². The second kappa shape index (κ2) is 68.4. The highest BCUT2D eigenvalue weighted by molar-refractivity contribution is 5.71. The molecule has 0 radical (unpaired) electrons. The molecule has 0 heterocycles. The van der Waals surface area contributed by atoms with E-state index in [1.54, 1.807) is 0 Å². The minimum atomic E-state index is -0.764. The van der Waals surface area contributed by atoms with Crippen LogP contribution in [0.1, 0.15) is 406 Å². The molecule has 0 N–H and O–H groups in total. The summed E-state index contributed by atoms with van der Waals surface area (Å²) < 4.78 is 16.8. The lowest BCUT2D eigenvalue weighted by Gasteiger charge is -2.18. The van der Waals surface area contributed by atoms with Crippen molar-refractivity contribution in [1.82, 2.24) is 0 Å². The first-order chi connectivity index (χ1) is 39.0. The molecule has 0 aromatic rings. The molecule has 0 rings (SSSR count). The number of carbonyl (C=O) groups is 3. The monoisotopic (exact) mass is 1110 g/mol. The number of rotatable bonds is 67. The third-order valence-corrected chi connectivity index (χ3v) is 16.5. The third kappa shape index (κ3) is 66.6. The lowest BCUT2D eigenvalue weighted by Crippen LogP contribution is -2.30. The van der Waals surface area contributed by atoms with Crippen LogP contribution in [0.3, 0.4) is 0 Å². The molecule has 79 heavy (non-hydrogen) atoms. The van der Waals surface area contributed by atoms with E-state index in [0.29, 0.717) is 19.3 Å². The van der Waals surface area contributed by atoms with E-state index in [9.17, 15) is 14.4 Å². The first-order valence-corrected chi connectivity index (χ1v) is 35.8. The van der Waals surface area contributed by atoms with Crippen molar-refractivity contribution in [2.75, 3.05) is 13.2 Å². The predicted molar refractivity (Wildman–Crippen MR) is 344 cm³/mol. The molecular formula is C73H138O6. The smallest absolute Gasteiger partial charge is 0.306 e. The average Bonchev–Trinajstić information content (AvgIpc) is 3.45. The summed E-state index contributed by atoms with van der Waals surface area (Å²) in [6.07, 6.45) is 84.2. The molecule has 0 aromatic heterocycles. The van der Waals surface area contributed by atoms with Crippen LogP contribution in [0.25, 0.3) is 0 Å². The molecule has 1 atom stereocenters. The molecule has 0 saturated carbocycles. The van der Waals surface area contributed by atoms with Gasteiger partial charge in [0.1, 0.15) is 13.2 Å².